The Balaban J connectivity index is 2.11. The fourth-order valence-electron chi connectivity index (χ4n) is 2.04. The monoisotopic (exact) mass is 298 g/mol. The minimum atomic E-state index is -3.70. The molecular weight excluding hydrogens is 280 g/mol. The van der Waals surface area contributed by atoms with Gasteiger partial charge in [0.25, 0.3) is 0 Å². The van der Waals surface area contributed by atoms with E-state index < -0.39 is 20.6 Å². The molecule has 2 rings (SSSR count). The van der Waals surface area contributed by atoms with Crippen molar-refractivity contribution in [2.45, 2.75) is 31.4 Å². The first-order valence-electron chi connectivity index (χ1n) is 6.44. The molecule has 1 N–H and O–H groups in total. The number of aryl methyl sites for hydroxylation is 1. The number of fused-ring (bicyclic) bond motifs is 1. The average Bonchev–Trinajstić information content (AvgIpc) is 2.83. The number of sulfone groups is 1. The minimum Gasteiger partial charge on any atom is -0.493 e. The van der Waals surface area contributed by atoms with E-state index in [1.54, 1.807) is 0 Å². The van der Waals surface area contributed by atoms with E-state index in [9.17, 15) is 13.2 Å². The summed E-state index contributed by atoms with van der Waals surface area (Å²) in [4.78, 5) is 11.0. The summed E-state index contributed by atoms with van der Waals surface area (Å²) in [6, 6.07) is 5.60. The molecule has 0 saturated heterocycles. The molecule has 0 saturated carbocycles. The molecular formula is C14H18O5S. The van der Waals surface area contributed by atoms with Crippen LogP contribution in [-0.2, 0) is 27.5 Å². The minimum absolute atomic E-state index is 0.175. The number of benzene rings is 1. The van der Waals surface area contributed by atoms with Crippen LogP contribution in [0.2, 0.25) is 0 Å². The summed E-state index contributed by atoms with van der Waals surface area (Å²) in [6.45, 7) is 3.10. The van der Waals surface area contributed by atoms with Crippen LogP contribution in [0.1, 0.15) is 25.0 Å². The van der Waals surface area contributed by atoms with Crippen molar-refractivity contribution in [2.24, 2.45) is 0 Å². The van der Waals surface area contributed by atoms with Gasteiger partial charge in [-0.1, -0.05) is 12.1 Å². The fraction of sp³-hybridized carbons (Fsp3) is 0.500. The molecule has 1 aliphatic rings. The highest BCUT2D eigenvalue weighted by Gasteiger charge is 2.41. The Labute approximate surface area is 118 Å². The lowest BCUT2D eigenvalue weighted by Gasteiger charge is -2.19. The fourth-order valence-corrected chi connectivity index (χ4v) is 3.32. The number of carbonyl (C=O) groups is 1. The number of carboxylic acid groups (broad SMARTS) is 1. The number of rotatable bonds is 5. The van der Waals surface area contributed by atoms with Crippen LogP contribution < -0.4 is 4.74 Å². The van der Waals surface area contributed by atoms with Gasteiger partial charge in [-0.3, -0.25) is 4.79 Å². The number of aliphatic carboxylic acids is 1. The molecule has 1 aliphatic heterocycles. The van der Waals surface area contributed by atoms with E-state index in [2.05, 4.69) is 0 Å². The van der Waals surface area contributed by atoms with Crippen molar-refractivity contribution in [3.63, 3.8) is 0 Å². The number of ether oxygens (including phenoxy) is 1. The van der Waals surface area contributed by atoms with Gasteiger partial charge in [-0.05, 0) is 37.5 Å². The second kappa shape index (κ2) is 5.09. The first-order valence-corrected chi connectivity index (χ1v) is 8.09. The smallest absolute Gasteiger partial charge is 0.324 e. The molecule has 0 amide bonds. The van der Waals surface area contributed by atoms with Gasteiger partial charge in [0.1, 0.15) is 5.75 Å². The van der Waals surface area contributed by atoms with Crippen molar-refractivity contribution in [1.82, 2.24) is 0 Å². The van der Waals surface area contributed by atoms with E-state index in [4.69, 9.17) is 9.84 Å². The maximum absolute atomic E-state index is 12.1. The van der Waals surface area contributed by atoms with E-state index in [0.29, 0.717) is 13.0 Å². The Bertz CT molecular complexity index is 631. The number of hydrogen-bond acceptors (Lipinski definition) is 4. The molecule has 0 atom stereocenters. The Morgan fingerprint density at radius 1 is 1.40 bits per heavy atom. The molecule has 0 spiro atoms. The van der Waals surface area contributed by atoms with Gasteiger partial charge in [0.05, 0.1) is 12.4 Å². The molecule has 0 unspecified atom stereocenters. The van der Waals surface area contributed by atoms with E-state index >= 15 is 0 Å². The summed E-state index contributed by atoms with van der Waals surface area (Å²) in [6.07, 6.45) is 1.14. The summed E-state index contributed by atoms with van der Waals surface area (Å²) in [5.74, 6) is -0.645. The third kappa shape index (κ3) is 2.65. The van der Waals surface area contributed by atoms with E-state index in [1.165, 1.54) is 13.8 Å². The van der Waals surface area contributed by atoms with Crippen LogP contribution >= 0.6 is 0 Å². The van der Waals surface area contributed by atoms with Crippen LogP contribution in [0.4, 0.5) is 0 Å². The summed E-state index contributed by atoms with van der Waals surface area (Å²) >= 11 is 0. The molecule has 110 valence electrons. The topological polar surface area (TPSA) is 80.7 Å². The van der Waals surface area contributed by atoms with Crippen molar-refractivity contribution in [1.29, 1.82) is 0 Å². The molecule has 0 aromatic heterocycles. The Morgan fingerprint density at radius 3 is 2.75 bits per heavy atom. The van der Waals surface area contributed by atoms with Gasteiger partial charge in [-0.2, -0.15) is 0 Å². The van der Waals surface area contributed by atoms with Gasteiger partial charge < -0.3 is 9.84 Å². The molecule has 0 aliphatic carbocycles. The zero-order chi connectivity index (χ0) is 15.0. The third-order valence-electron chi connectivity index (χ3n) is 3.71. The second-order valence-corrected chi connectivity index (χ2v) is 8.08. The molecule has 6 heteroatoms. The maximum atomic E-state index is 12.1. The van der Waals surface area contributed by atoms with Crippen LogP contribution in [-0.4, -0.2) is 36.6 Å². The normalized spacial score (nSPS) is 14.7. The second-order valence-electron chi connectivity index (χ2n) is 5.42. The third-order valence-corrected chi connectivity index (χ3v) is 6.18. The summed E-state index contributed by atoms with van der Waals surface area (Å²) in [7, 11) is -3.70. The van der Waals surface area contributed by atoms with E-state index in [-0.39, 0.29) is 5.75 Å². The average molecular weight is 298 g/mol. The SMILES string of the molecule is CC(C)(C(=O)O)S(=O)(=O)CCc1ccc2c(c1)CCO2. The van der Waals surface area contributed by atoms with Gasteiger partial charge in [0.15, 0.2) is 14.6 Å². The zero-order valence-electron chi connectivity index (χ0n) is 11.5. The molecule has 20 heavy (non-hydrogen) atoms. The predicted octanol–water partition coefficient (Wildman–Crippen LogP) is 1.44. The largest absolute Gasteiger partial charge is 0.493 e. The molecule has 0 bridgehead atoms. The summed E-state index contributed by atoms with van der Waals surface area (Å²) in [5.41, 5.74) is 1.97. The van der Waals surface area contributed by atoms with Crippen LogP contribution in [0.5, 0.6) is 5.75 Å². The number of hydrogen-bond donors (Lipinski definition) is 1. The van der Waals surface area contributed by atoms with Crippen molar-refractivity contribution < 1.29 is 23.1 Å². The zero-order valence-corrected chi connectivity index (χ0v) is 12.4. The number of carboxylic acids is 1. The first kappa shape index (κ1) is 14.8. The Hall–Kier alpha value is -1.56. The van der Waals surface area contributed by atoms with Crippen molar-refractivity contribution in [3.8, 4) is 5.75 Å². The molecule has 1 aromatic rings. The highest BCUT2D eigenvalue weighted by molar-refractivity contribution is 7.93. The maximum Gasteiger partial charge on any atom is 0.324 e. The first-order chi connectivity index (χ1) is 9.24. The van der Waals surface area contributed by atoms with Crippen molar-refractivity contribution in [2.75, 3.05) is 12.4 Å². The molecule has 1 heterocycles. The summed E-state index contributed by atoms with van der Waals surface area (Å²) in [5, 5.41) is 9.01. The Kier molecular flexibility index (Phi) is 3.77. The van der Waals surface area contributed by atoms with Gasteiger partial charge in [-0.25, -0.2) is 8.42 Å². The van der Waals surface area contributed by atoms with Gasteiger partial charge in [0, 0.05) is 6.42 Å². The van der Waals surface area contributed by atoms with E-state index in [0.717, 1.165) is 23.3 Å². The Morgan fingerprint density at radius 2 is 2.10 bits per heavy atom. The molecule has 0 radical (unpaired) electrons. The standard InChI is InChI=1S/C14H18O5S/c1-14(2,13(15)16)20(17,18)8-6-10-3-4-12-11(9-10)5-7-19-12/h3-4,9H,5-8H2,1-2H3,(H,15,16). The molecule has 0 fully saturated rings. The molecule has 1 aromatic carbocycles. The lowest BCUT2D eigenvalue weighted by atomic mass is 10.1. The molecule has 5 nitrogen and oxygen atoms in total. The van der Waals surface area contributed by atoms with Crippen LogP contribution in [0, 0.1) is 0 Å². The lowest BCUT2D eigenvalue weighted by molar-refractivity contribution is -0.139. The summed E-state index contributed by atoms with van der Waals surface area (Å²) < 4.78 is 27.8. The van der Waals surface area contributed by atoms with Gasteiger partial charge in [-0.15, -0.1) is 0 Å². The lowest BCUT2D eigenvalue weighted by Crippen LogP contribution is -2.42. The van der Waals surface area contributed by atoms with E-state index in [1.807, 2.05) is 18.2 Å². The van der Waals surface area contributed by atoms with Crippen molar-refractivity contribution in [3.05, 3.63) is 29.3 Å². The van der Waals surface area contributed by atoms with Crippen LogP contribution in [0.15, 0.2) is 18.2 Å². The van der Waals surface area contributed by atoms with Crippen LogP contribution in [0.25, 0.3) is 0 Å². The highest BCUT2D eigenvalue weighted by atomic mass is 32.2. The quantitative estimate of drug-likeness (QED) is 0.889. The van der Waals surface area contributed by atoms with Crippen molar-refractivity contribution >= 4 is 15.8 Å². The predicted molar refractivity (Wildman–Crippen MR) is 74.8 cm³/mol. The highest BCUT2D eigenvalue weighted by Crippen LogP contribution is 2.26. The van der Waals surface area contributed by atoms with Gasteiger partial charge in [0.2, 0.25) is 0 Å². The van der Waals surface area contributed by atoms with Gasteiger partial charge >= 0.3 is 5.97 Å². The van der Waals surface area contributed by atoms with Crippen LogP contribution in [0.3, 0.4) is 0 Å².